The van der Waals surface area contributed by atoms with Crippen molar-refractivity contribution in [2.75, 3.05) is 26.4 Å². The number of nitrogens with one attached hydrogen (secondary N) is 1. The maximum absolute atomic E-state index is 8.68. The first-order valence-corrected chi connectivity index (χ1v) is 23.2. The van der Waals surface area contributed by atoms with Crippen LogP contribution < -0.4 is 30.4 Å². The van der Waals surface area contributed by atoms with E-state index in [1.54, 1.807) is 46.9 Å². The van der Waals surface area contributed by atoms with Gasteiger partial charge in [-0.2, -0.15) is 0 Å². The zero-order valence-corrected chi connectivity index (χ0v) is 39.0. The summed E-state index contributed by atoms with van der Waals surface area (Å²) in [7, 11) is 0. The number of unbranched alkanes of at least 4 members (excludes halogenated alkanes) is 4. The second-order valence-electron chi connectivity index (χ2n) is 15.7. The van der Waals surface area contributed by atoms with E-state index in [9.17, 15) is 0 Å². The van der Waals surface area contributed by atoms with E-state index in [4.69, 9.17) is 51.0 Å². The Kier molecular flexibility index (Phi) is 18.8. The largest absolute Gasteiger partial charge is 0.494 e. The first-order chi connectivity index (χ1) is 30.4. The number of nitrogens with zero attached hydrogens (tertiary/aromatic N) is 3. The lowest BCUT2D eigenvalue weighted by molar-refractivity contribution is 0.279. The zero-order chi connectivity index (χ0) is 45.1. The highest BCUT2D eigenvalue weighted by molar-refractivity contribution is 7.12. The van der Waals surface area contributed by atoms with Crippen LogP contribution in [0.15, 0.2) is 102 Å². The highest BCUT2D eigenvalue weighted by Gasteiger charge is 2.15. The van der Waals surface area contributed by atoms with E-state index in [0.29, 0.717) is 49.4 Å². The Morgan fingerprint density at radius 2 is 0.857 bits per heavy atom. The van der Waals surface area contributed by atoms with Gasteiger partial charge in [0.1, 0.15) is 28.8 Å². The van der Waals surface area contributed by atoms with Gasteiger partial charge in [-0.15, -0.1) is 22.7 Å². The van der Waals surface area contributed by atoms with E-state index in [2.05, 4.69) is 71.0 Å². The molecule has 0 radical (unpaired) electrons. The van der Waals surface area contributed by atoms with Crippen LogP contribution in [-0.2, 0) is 0 Å². The van der Waals surface area contributed by atoms with Crippen molar-refractivity contribution in [3.8, 4) is 45.5 Å². The van der Waals surface area contributed by atoms with Crippen LogP contribution in [0.1, 0.15) is 109 Å². The van der Waals surface area contributed by atoms with Gasteiger partial charge >= 0.3 is 0 Å². The molecule has 0 fully saturated rings. The summed E-state index contributed by atoms with van der Waals surface area (Å²) in [5.41, 5.74) is 16.8. The summed E-state index contributed by atoms with van der Waals surface area (Å²) in [5, 5.41) is 21.3. The molecule has 2 aromatic heterocycles. The Hall–Kier alpha value is -5.92. The van der Waals surface area contributed by atoms with Crippen molar-refractivity contribution in [2.24, 2.45) is 16.6 Å². The van der Waals surface area contributed by atoms with Crippen LogP contribution in [0, 0.1) is 19.3 Å². The fourth-order valence-corrected chi connectivity index (χ4v) is 8.43. The van der Waals surface area contributed by atoms with E-state index < -0.39 is 0 Å². The summed E-state index contributed by atoms with van der Waals surface area (Å²) in [5.74, 6) is 4.45. The van der Waals surface area contributed by atoms with Crippen LogP contribution in [0.25, 0.3) is 22.5 Å². The van der Waals surface area contributed by atoms with Gasteiger partial charge in [0.2, 0.25) is 0 Å². The number of nitrogen functional groups attached to an aromatic ring is 1. The van der Waals surface area contributed by atoms with Crippen LogP contribution in [0.2, 0.25) is 0 Å². The fourth-order valence-electron chi connectivity index (χ4n) is 6.53. The number of amidine groups is 2. The maximum Gasteiger partial charge on any atom is 0.170 e. The van der Waals surface area contributed by atoms with E-state index in [1.807, 2.05) is 48.5 Å². The van der Waals surface area contributed by atoms with Crippen molar-refractivity contribution in [1.29, 1.82) is 5.41 Å². The summed E-state index contributed by atoms with van der Waals surface area (Å²) in [6, 6.07) is 31.0. The van der Waals surface area contributed by atoms with Gasteiger partial charge in [-0.25, -0.2) is 9.97 Å². The Morgan fingerprint density at radius 1 is 0.540 bits per heavy atom. The molecule has 2 heterocycles. The molecular formula is C50H62N6O5S2. The maximum atomic E-state index is 8.68. The van der Waals surface area contributed by atoms with Gasteiger partial charge in [0.25, 0.3) is 0 Å². The van der Waals surface area contributed by atoms with Crippen LogP contribution in [0.3, 0.4) is 0 Å². The average molecular weight is 891 g/mol. The molecule has 0 saturated carbocycles. The SMILES string of the molecule is Cc1nc(-c2ccc(OCCCCCOc3ccc(/C(N)=N/O)cc3)cc2)c(C(C)C)s1.Cc1nc(-c2ccc(OCCCCCOc3ccc(C(=N)N)cc3)cc2)c(C(C)C)s1. The van der Waals surface area contributed by atoms with E-state index >= 15 is 0 Å². The van der Waals surface area contributed by atoms with Gasteiger partial charge in [-0.3, -0.25) is 5.41 Å². The monoisotopic (exact) mass is 890 g/mol. The number of hydrogen-bond acceptors (Lipinski definition) is 11. The quantitative estimate of drug-likeness (QED) is 0.0170. The van der Waals surface area contributed by atoms with Crippen molar-refractivity contribution >= 4 is 34.3 Å². The smallest absolute Gasteiger partial charge is 0.170 e. The number of aryl methyl sites for hydroxylation is 2. The van der Waals surface area contributed by atoms with Crippen LogP contribution in [0.5, 0.6) is 23.0 Å². The summed E-state index contributed by atoms with van der Waals surface area (Å²) < 4.78 is 23.2. The molecule has 13 heteroatoms. The third-order valence-corrected chi connectivity index (χ3v) is 12.4. The molecule has 0 spiro atoms. The lowest BCUT2D eigenvalue weighted by Crippen LogP contribution is -2.12. The molecule has 0 atom stereocenters. The van der Waals surface area contributed by atoms with Gasteiger partial charge < -0.3 is 35.6 Å². The predicted octanol–water partition coefficient (Wildman–Crippen LogP) is 12.1. The first-order valence-electron chi connectivity index (χ1n) is 21.6. The molecule has 4 aromatic carbocycles. The highest BCUT2D eigenvalue weighted by Crippen LogP contribution is 2.35. The predicted molar refractivity (Wildman–Crippen MR) is 259 cm³/mol. The number of rotatable bonds is 22. The molecule has 0 aliphatic carbocycles. The molecule has 11 nitrogen and oxygen atoms in total. The number of ether oxygens (including phenoxy) is 4. The molecule has 0 bridgehead atoms. The van der Waals surface area contributed by atoms with Crippen molar-refractivity contribution < 1.29 is 24.2 Å². The van der Waals surface area contributed by atoms with E-state index in [-0.39, 0.29) is 11.7 Å². The summed E-state index contributed by atoms with van der Waals surface area (Å²) in [4.78, 5) is 12.1. The number of thiazole rings is 2. The van der Waals surface area contributed by atoms with Gasteiger partial charge in [-0.1, -0.05) is 32.9 Å². The molecule has 0 amide bonds. The average Bonchev–Trinajstić information content (AvgIpc) is 3.89. The first kappa shape index (κ1) is 48.1. The minimum absolute atomic E-state index is 0.0692. The topological polar surface area (TPSA) is 171 Å². The molecule has 0 aliphatic rings. The number of hydrogen-bond donors (Lipinski definition) is 4. The van der Waals surface area contributed by atoms with Gasteiger partial charge in [0.05, 0.1) is 47.8 Å². The Labute approximate surface area is 380 Å². The molecule has 6 rings (SSSR count). The second-order valence-corrected chi connectivity index (χ2v) is 18.2. The Balaban J connectivity index is 0.000000238. The second kappa shape index (κ2) is 24.6. The molecule has 6 aromatic rings. The minimum Gasteiger partial charge on any atom is -0.494 e. The van der Waals surface area contributed by atoms with Gasteiger partial charge in [0.15, 0.2) is 5.84 Å². The Morgan fingerprint density at radius 3 is 1.16 bits per heavy atom. The van der Waals surface area contributed by atoms with Crippen molar-refractivity contribution in [2.45, 2.75) is 91.9 Å². The number of oxime groups is 1. The summed E-state index contributed by atoms with van der Waals surface area (Å²) in [6.45, 7) is 15.6. The van der Waals surface area contributed by atoms with E-state index in [1.165, 1.54) is 9.75 Å². The van der Waals surface area contributed by atoms with Crippen LogP contribution in [-0.4, -0.2) is 53.3 Å². The number of nitrogens with two attached hydrogens (primary N) is 2. The third kappa shape index (κ3) is 15.1. The molecule has 63 heavy (non-hydrogen) atoms. The standard InChI is InChI=1S/C25H31N3O3S.C25H31N3O2S/c1-17(2)24-23(27-18(3)32-24)19-7-11-21(12-8-19)30-15-5-4-6-16-31-22-13-9-20(10-14-22)25(26)28-29;1-17(2)24-23(28-18(3)31-24)19-7-11-21(12-8-19)29-15-5-4-6-16-30-22-13-9-20(10-14-22)25(26)27/h7-14,17,29H,4-6,15-16H2,1-3H3,(H2,26,28);7-14,17H,4-6,15-16H2,1-3H3,(H3,26,27). The molecule has 6 N–H and O–H groups in total. The van der Waals surface area contributed by atoms with Crippen LogP contribution in [0.4, 0.5) is 0 Å². The van der Waals surface area contributed by atoms with Crippen LogP contribution >= 0.6 is 22.7 Å². The molecule has 0 saturated heterocycles. The third-order valence-electron chi connectivity index (χ3n) is 9.90. The zero-order valence-electron chi connectivity index (χ0n) is 37.4. The lowest BCUT2D eigenvalue weighted by atomic mass is 10.1. The molecule has 0 unspecified atom stereocenters. The number of benzene rings is 4. The van der Waals surface area contributed by atoms with Crippen molar-refractivity contribution in [3.63, 3.8) is 0 Å². The summed E-state index contributed by atoms with van der Waals surface area (Å²) >= 11 is 3.55. The fraction of sp³-hybridized carbons (Fsp3) is 0.360. The van der Waals surface area contributed by atoms with Gasteiger partial charge in [0, 0.05) is 32.0 Å². The van der Waals surface area contributed by atoms with E-state index in [0.717, 1.165) is 94.1 Å². The number of aromatic nitrogens is 2. The normalized spacial score (nSPS) is 11.3. The summed E-state index contributed by atoms with van der Waals surface area (Å²) in [6.07, 6.45) is 5.94. The highest BCUT2D eigenvalue weighted by atomic mass is 32.1. The Bertz CT molecular complexity index is 2320. The van der Waals surface area contributed by atoms with Crippen molar-refractivity contribution in [3.05, 3.63) is 128 Å². The van der Waals surface area contributed by atoms with Crippen molar-refractivity contribution in [1.82, 2.24) is 9.97 Å². The molecule has 0 aliphatic heterocycles. The minimum atomic E-state index is 0.0692. The molecular weight excluding hydrogens is 829 g/mol. The molecule has 334 valence electrons. The van der Waals surface area contributed by atoms with Gasteiger partial charge in [-0.05, 0) is 161 Å². The lowest BCUT2D eigenvalue weighted by Gasteiger charge is -2.09.